The number of amides is 1. The number of hydrogen-bond acceptors (Lipinski definition) is 3. The summed E-state index contributed by atoms with van der Waals surface area (Å²) < 4.78 is 23.8. The molecule has 3 rings (SSSR count). The van der Waals surface area contributed by atoms with E-state index in [2.05, 4.69) is 26.0 Å². The Morgan fingerprint density at radius 3 is 2.37 bits per heavy atom. The fourth-order valence-electron chi connectivity index (χ4n) is 3.96. The molecule has 0 saturated carbocycles. The molecule has 0 unspecified atom stereocenters. The average molecular weight is 387 g/mol. The lowest BCUT2D eigenvalue weighted by Crippen LogP contribution is -2.30. The first kappa shape index (κ1) is 19.6. The predicted molar refractivity (Wildman–Crippen MR) is 106 cm³/mol. The van der Waals surface area contributed by atoms with Crippen LogP contribution in [0.3, 0.4) is 0 Å². The standard InChI is InChI=1S/C21H26N2O3S/c1-14-10-17(11-19(15(14)2)27(22,25)26)20(24)23-12-18(21(3,4)13-23)16-8-6-5-7-9-16/h5-11,18H,12-13H2,1-4H3,(H2,22,25,26)/t18-/m0/s1. The van der Waals surface area contributed by atoms with Crippen molar-refractivity contribution in [3.8, 4) is 0 Å². The molecule has 1 atom stereocenters. The zero-order valence-corrected chi connectivity index (χ0v) is 17.0. The van der Waals surface area contributed by atoms with Gasteiger partial charge in [0.2, 0.25) is 10.0 Å². The molecule has 0 aromatic heterocycles. The summed E-state index contributed by atoms with van der Waals surface area (Å²) in [4.78, 5) is 15.0. The van der Waals surface area contributed by atoms with E-state index in [0.717, 1.165) is 5.56 Å². The Morgan fingerprint density at radius 1 is 1.15 bits per heavy atom. The maximum absolute atomic E-state index is 13.1. The fourth-order valence-corrected chi connectivity index (χ4v) is 4.84. The van der Waals surface area contributed by atoms with Crippen LogP contribution in [-0.2, 0) is 10.0 Å². The zero-order valence-electron chi connectivity index (χ0n) is 16.2. The normalized spacial score (nSPS) is 19.3. The van der Waals surface area contributed by atoms with Gasteiger partial charge in [0.25, 0.3) is 5.91 Å². The minimum absolute atomic E-state index is 0.0175. The van der Waals surface area contributed by atoms with Gasteiger partial charge in [0.1, 0.15) is 0 Å². The lowest BCUT2D eigenvalue weighted by atomic mass is 9.78. The minimum atomic E-state index is -3.88. The predicted octanol–water partition coefficient (Wildman–Crippen LogP) is 3.22. The molecule has 1 aliphatic heterocycles. The largest absolute Gasteiger partial charge is 0.337 e. The quantitative estimate of drug-likeness (QED) is 0.879. The molecule has 0 spiro atoms. The van der Waals surface area contributed by atoms with Gasteiger partial charge in [-0.1, -0.05) is 44.2 Å². The van der Waals surface area contributed by atoms with Gasteiger partial charge in [-0.05, 0) is 48.1 Å². The van der Waals surface area contributed by atoms with Crippen LogP contribution >= 0.6 is 0 Å². The Labute approximate surface area is 161 Å². The minimum Gasteiger partial charge on any atom is -0.337 e. The maximum Gasteiger partial charge on any atom is 0.253 e. The number of carbonyl (C=O) groups is 1. The van der Waals surface area contributed by atoms with E-state index in [9.17, 15) is 13.2 Å². The van der Waals surface area contributed by atoms with E-state index >= 15 is 0 Å². The van der Waals surface area contributed by atoms with Crippen LogP contribution in [0.2, 0.25) is 0 Å². The Morgan fingerprint density at radius 2 is 1.78 bits per heavy atom. The molecule has 2 aromatic rings. The van der Waals surface area contributed by atoms with E-state index in [1.165, 1.54) is 11.6 Å². The summed E-state index contributed by atoms with van der Waals surface area (Å²) >= 11 is 0. The highest BCUT2D eigenvalue weighted by atomic mass is 32.2. The second-order valence-electron chi connectivity index (χ2n) is 8.10. The molecule has 144 valence electrons. The highest BCUT2D eigenvalue weighted by Crippen LogP contribution is 2.42. The van der Waals surface area contributed by atoms with Crippen LogP contribution in [0, 0.1) is 19.3 Å². The molecular formula is C21H26N2O3S. The summed E-state index contributed by atoms with van der Waals surface area (Å²) in [6.45, 7) is 9.04. The van der Waals surface area contributed by atoms with Gasteiger partial charge in [-0.15, -0.1) is 0 Å². The van der Waals surface area contributed by atoms with Crippen LogP contribution in [0.25, 0.3) is 0 Å². The first-order chi connectivity index (χ1) is 12.5. The molecule has 0 bridgehead atoms. The topological polar surface area (TPSA) is 80.5 Å². The third-order valence-corrected chi connectivity index (χ3v) is 6.64. The van der Waals surface area contributed by atoms with E-state index in [-0.39, 0.29) is 22.1 Å². The molecule has 27 heavy (non-hydrogen) atoms. The van der Waals surface area contributed by atoms with Crippen LogP contribution in [0.4, 0.5) is 0 Å². The average Bonchev–Trinajstić information content (AvgIpc) is 2.91. The highest BCUT2D eigenvalue weighted by molar-refractivity contribution is 7.89. The van der Waals surface area contributed by atoms with Gasteiger partial charge < -0.3 is 4.90 Å². The second-order valence-corrected chi connectivity index (χ2v) is 9.63. The van der Waals surface area contributed by atoms with E-state index in [1.807, 2.05) is 23.1 Å². The number of primary sulfonamides is 1. The van der Waals surface area contributed by atoms with Crippen molar-refractivity contribution in [3.63, 3.8) is 0 Å². The molecule has 2 N–H and O–H groups in total. The second kappa shape index (κ2) is 6.77. The van der Waals surface area contributed by atoms with Crippen LogP contribution in [0.15, 0.2) is 47.4 Å². The molecule has 1 fully saturated rings. The molecule has 0 radical (unpaired) electrons. The fraction of sp³-hybridized carbons (Fsp3) is 0.381. The number of rotatable bonds is 3. The van der Waals surface area contributed by atoms with Crippen LogP contribution in [0.5, 0.6) is 0 Å². The molecule has 1 aliphatic rings. The molecule has 5 nitrogen and oxygen atoms in total. The summed E-state index contributed by atoms with van der Waals surface area (Å²) in [5.74, 6) is 0.0708. The highest BCUT2D eigenvalue weighted by Gasteiger charge is 2.42. The molecule has 1 saturated heterocycles. The Hall–Kier alpha value is -2.18. The molecule has 1 amide bonds. The van der Waals surface area contributed by atoms with Gasteiger partial charge in [-0.3, -0.25) is 4.79 Å². The molecule has 2 aromatic carbocycles. The lowest BCUT2D eigenvalue weighted by Gasteiger charge is -2.25. The van der Waals surface area contributed by atoms with E-state index < -0.39 is 10.0 Å². The lowest BCUT2D eigenvalue weighted by molar-refractivity contribution is 0.0777. The monoisotopic (exact) mass is 386 g/mol. The van der Waals surface area contributed by atoms with Gasteiger partial charge >= 0.3 is 0 Å². The van der Waals surface area contributed by atoms with Gasteiger partial charge in [-0.25, -0.2) is 13.6 Å². The number of hydrogen-bond donors (Lipinski definition) is 1. The van der Waals surface area contributed by atoms with Crippen molar-refractivity contribution in [2.45, 2.75) is 38.5 Å². The van der Waals surface area contributed by atoms with Gasteiger partial charge in [0.05, 0.1) is 4.90 Å². The number of nitrogens with two attached hydrogens (primary N) is 1. The molecule has 6 heteroatoms. The van der Waals surface area contributed by atoms with Crippen LogP contribution in [0.1, 0.15) is 46.8 Å². The van der Waals surface area contributed by atoms with Gasteiger partial charge in [-0.2, -0.15) is 0 Å². The van der Waals surface area contributed by atoms with Crippen molar-refractivity contribution in [1.29, 1.82) is 0 Å². The first-order valence-corrected chi connectivity index (χ1v) is 10.5. The number of nitrogens with zero attached hydrogens (tertiary/aromatic N) is 1. The van der Waals surface area contributed by atoms with E-state index in [0.29, 0.717) is 24.2 Å². The number of benzene rings is 2. The van der Waals surface area contributed by atoms with Crippen molar-refractivity contribution in [3.05, 3.63) is 64.7 Å². The third kappa shape index (κ3) is 3.77. The first-order valence-electron chi connectivity index (χ1n) is 8.99. The number of sulfonamides is 1. The van der Waals surface area contributed by atoms with Crippen molar-refractivity contribution in [1.82, 2.24) is 4.90 Å². The number of aryl methyl sites for hydroxylation is 1. The summed E-state index contributed by atoms with van der Waals surface area (Å²) in [6, 6.07) is 13.3. The molecule has 0 aliphatic carbocycles. The Bertz CT molecular complexity index is 982. The Kier molecular flexibility index (Phi) is 4.91. The summed E-state index contributed by atoms with van der Waals surface area (Å²) in [7, 11) is -3.88. The summed E-state index contributed by atoms with van der Waals surface area (Å²) in [5.41, 5.74) is 2.83. The van der Waals surface area contributed by atoms with Crippen molar-refractivity contribution >= 4 is 15.9 Å². The van der Waals surface area contributed by atoms with Crippen molar-refractivity contribution < 1.29 is 13.2 Å². The summed E-state index contributed by atoms with van der Waals surface area (Å²) in [6.07, 6.45) is 0. The number of likely N-dealkylation sites (tertiary alicyclic amines) is 1. The smallest absolute Gasteiger partial charge is 0.253 e. The number of carbonyl (C=O) groups excluding carboxylic acids is 1. The molecule has 1 heterocycles. The van der Waals surface area contributed by atoms with Crippen LogP contribution < -0.4 is 5.14 Å². The van der Waals surface area contributed by atoms with Crippen molar-refractivity contribution in [2.24, 2.45) is 10.6 Å². The SMILES string of the molecule is Cc1cc(C(=O)N2C[C@@H](c3ccccc3)C(C)(C)C2)cc(S(N)(=O)=O)c1C. The van der Waals surface area contributed by atoms with E-state index in [4.69, 9.17) is 5.14 Å². The van der Waals surface area contributed by atoms with Crippen molar-refractivity contribution in [2.75, 3.05) is 13.1 Å². The van der Waals surface area contributed by atoms with E-state index in [1.54, 1.807) is 19.9 Å². The van der Waals surface area contributed by atoms with Gasteiger partial charge in [0.15, 0.2) is 0 Å². The third-order valence-electron chi connectivity index (χ3n) is 5.61. The zero-order chi connectivity index (χ0) is 20.0. The maximum atomic E-state index is 13.1. The van der Waals surface area contributed by atoms with Crippen LogP contribution in [-0.4, -0.2) is 32.3 Å². The Balaban J connectivity index is 1.95. The van der Waals surface area contributed by atoms with Gasteiger partial charge in [0, 0.05) is 24.6 Å². The molecular weight excluding hydrogens is 360 g/mol. The summed E-state index contributed by atoms with van der Waals surface area (Å²) in [5, 5.41) is 5.34.